The van der Waals surface area contributed by atoms with Crippen molar-refractivity contribution in [1.29, 1.82) is 0 Å². The molecule has 0 N–H and O–H groups in total. The summed E-state index contributed by atoms with van der Waals surface area (Å²) in [4.78, 5) is 13.7. The Hall–Kier alpha value is -0.620. The fourth-order valence-electron chi connectivity index (χ4n) is 2.14. The lowest BCUT2D eigenvalue weighted by molar-refractivity contribution is -0.134. The number of hydrogen-bond donors (Lipinski definition) is 0. The van der Waals surface area contributed by atoms with Crippen molar-refractivity contribution in [2.75, 3.05) is 32.4 Å². The maximum Gasteiger partial charge on any atom is 0.226 e. The van der Waals surface area contributed by atoms with E-state index in [2.05, 4.69) is 6.92 Å². The van der Waals surface area contributed by atoms with Gasteiger partial charge in [0.05, 0.1) is 6.26 Å². The van der Waals surface area contributed by atoms with Crippen LogP contribution < -0.4 is 0 Å². The Labute approximate surface area is 96.5 Å². The van der Waals surface area contributed by atoms with Crippen LogP contribution in [0.3, 0.4) is 0 Å². The molecule has 92 valence electrons. The van der Waals surface area contributed by atoms with Gasteiger partial charge in [-0.3, -0.25) is 4.79 Å². The van der Waals surface area contributed by atoms with E-state index in [4.69, 9.17) is 0 Å². The van der Waals surface area contributed by atoms with Gasteiger partial charge >= 0.3 is 0 Å². The maximum atomic E-state index is 11.9. The van der Waals surface area contributed by atoms with Gasteiger partial charge in [-0.15, -0.1) is 0 Å². The van der Waals surface area contributed by atoms with Gasteiger partial charge in [0.25, 0.3) is 0 Å². The van der Waals surface area contributed by atoms with Crippen molar-refractivity contribution in [2.24, 2.45) is 11.8 Å². The Kier molecular flexibility index (Phi) is 2.96. The van der Waals surface area contributed by atoms with Crippen molar-refractivity contribution in [3.63, 3.8) is 0 Å². The average Bonchev–Trinajstić information content (AvgIpc) is 2.93. The summed E-state index contributed by atoms with van der Waals surface area (Å²) in [7, 11) is -3.10. The van der Waals surface area contributed by atoms with E-state index in [0.717, 1.165) is 6.42 Å². The van der Waals surface area contributed by atoms with E-state index in [-0.39, 0.29) is 11.8 Å². The van der Waals surface area contributed by atoms with E-state index in [1.165, 1.54) is 10.6 Å². The minimum Gasteiger partial charge on any atom is -0.340 e. The Morgan fingerprint density at radius 1 is 1.19 bits per heavy atom. The highest BCUT2D eigenvalue weighted by Crippen LogP contribution is 2.39. The van der Waals surface area contributed by atoms with Crippen LogP contribution in [0.25, 0.3) is 0 Å². The lowest BCUT2D eigenvalue weighted by Crippen LogP contribution is -2.50. The minimum atomic E-state index is -3.10. The van der Waals surface area contributed by atoms with E-state index in [0.29, 0.717) is 32.1 Å². The molecule has 1 heterocycles. The molecule has 0 radical (unpaired) electrons. The molecule has 1 saturated carbocycles. The van der Waals surface area contributed by atoms with Gasteiger partial charge < -0.3 is 4.90 Å². The molecule has 0 aromatic carbocycles. The molecule has 2 aliphatic rings. The van der Waals surface area contributed by atoms with Crippen molar-refractivity contribution >= 4 is 15.9 Å². The van der Waals surface area contributed by atoms with Crippen LogP contribution in [-0.2, 0) is 14.8 Å². The predicted molar refractivity (Wildman–Crippen MR) is 60.3 cm³/mol. The molecule has 2 rings (SSSR count). The van der Waals surface area contributed by atoms with E-state index in [1.807, 2.05) is 0 Å². The molecular weight excluding hydrogens is 228 g/mol. The topological polar surface area (TPSA) is 57.7 Å². The largest absolute Gasteiger partial charge is 0.340 e. The normalized spacial score (nSPS) is 31.5. The molecular formula is C10H18N2O3S. The molecule has 16 heavy (non-hydrogen) atoms. The Morgan fingerprint density at radius 3 is 2.06 bits per heavy atom. The van der Waals surface area contributed by atoms with Gasteiger partial charge in [-0.05, 0) is 12.3 Å². The summed E-state index contributed by atoms with van der Waals surface area (Å²) in [5.74, 6) is 0.922. The Bertz CT molecular complexity index is 385. The summed E-state index contributed by atoms with van der Waals surface area (Å²) < 4.78 is 24.0. The SMILES string of the molecule is C[C@@H]1C[C@H]1C(=O)N1CCN(S(C)(=O)=O)CC1. The van der Waals surface area contributed by atoms with Gasteiger partial charge in [-0.2, -0.15) is 4.31 Å². The third kappa shape index (κ3) is 2.38. The van der Waals surface area contributed by atoms with Crippen molar-refractivity contribution in [2.45, 2.75) is 13.3 Å². The second-order valence-corrected chi connectivity index (χ2v) is 6.79. The van der Waals surface area contributed by atoms with E-state index < -0.39 is 10.0 Å². The van der Waals surface area contributed by atoms with Crippen LogP contribution in [0.2, 0.25) is 0 Å². The standard InChI is InChI=1S/C10H18N2O3S/c1-8-7-9(8)10(13)11-3-5-12(6-4-11)16(2,14)15/h8-9H,3-7H2,1-2H3/t8-,9-/m1/s1. The first-order chi connectivity index (χ1) is 7.39. The molecule has 0 spiro atoms. The zero-order chi connectivity index (χ0) is 11.9. The highest BCUT2D eigenvalue weighted by Gasteiger charge is 2.42. The fraction of sp³-hybridized carbons (Fsp3) is 0.900. The summed E-state index contributed by atoms with van der Waals surface area (Å²) in [6.07, 6.45) is 2.21. The zero-order valence-electron chi connectivity index (χ0n) is 9.72. The van der Waals surface area contributed by atoms with Gasteiger partial charge in [0.1, 0.15) is 0 Å². The number of carbonyl (C=O) groups is 1. The second kappa shape index (κ2) is 4.00. The quantitative estimate of drug-likeness (QED) is 0.675. The van der Waals surface area contributed by atoms with E-state index in [1.54, 1.807) is 4.90 Å². The molecule has 0 aromatic rings. The first kappa shape index (κ1) is 11.9. The number of carbonyl (C=O) groups excluding carboxylic acids is 1. The average molecular weight is 246 g/mol. The lowest BCUT2D eigenvalue weighted by Gasteiger charge is -2.33. The first-order valence-corrected chi connectivity index (χ1v) is 7.48. The number of piperazine rings is 1. The van der Waals surface area contributed by atoms with Crippen LogP contribution >= 0.6 is 0 Å². The number of sulfonamides is 1. The highest BCUT2D eigenvalue weighted by atomic mass is 32.2. The zero-order valence-corrected chi connectivity index (χ0v) is 10.5. The highest BCUT2D eigenvalue weighted by molar-refractivity contribution is 7.88. The van der Waals surface area contributed by atoms with Crippen LogP contribution in [0.5, 0.6) is 0 Å². The van der Waals surface area contributed by atoms with Crippen molar-refractivity contribution in [1.82, 2.24) is 9.21 Å². The van der Waals surface area contributed by atoms with Gasteiger partial charge in [-0.25, -0.2) is 8.42 Å². The molecule has 2 atom stereocenters. The smallest absolute Gasteiger partial charge is 0.226 e. The maximum absolute atomic E-state index is 11.9. The van der Waals surface area contributed by atoms with Gasteiger partial charge in [-0.1, -0.05) is 6.92 Å². The molecule has 6 heteroatoms. The molecule has 1 amide bonds. The van der Waals surface area contributed by atoms with Crippen LogP contribution in [0.1, 0.15) is 13.3 Å². The monoisotopic (exact) mass is 246 g/mol. The first-order valence-electron chi connectivity index (χ1n) is 5.63. The Balaban J connectivity index is 1.88. The van der Waals surface area contributed by atoms with Gasteiger partial charge in [0.2, 0.25) is 15.9 Å². The molecule has 1 saturated heterocycles. The number of rotatable bonds is 2. The summed E-state index contributed by atoms with van der Waals surface area (Å²) in [6, 6.07) is 0. The third-order valence-electron chi connectivity index (χ3n) is 3.45. The molecule has 2 fully saturated rings. The van der Waals surface area contributed by atoms with Crippen LogP contribution in [0.15, 0.2) is 0 Å². The summed E-state index contributed by atoms with van der Waals surface area (Å²) in [5, 5.41) is 0. The number of nitrogens with zero attached hydrogens (tertiary/aromatic N) is 2. The molecule has 0 bridgehead atoms. The second-order valence-electron chi connectivity index (χ2n) is 4.81. The van der Waals surface area contributed by atoms with Crippen molar-refractivity contribution in [3.05, 3.63) is 0 Å². The molecule has 1 aliphatic carbocycles. The minimum absolute atomic E-state index is 0.199. The van der Waals surface area contributed by atoms with Crippen LogP contribution in [0.4, 0.5) is 0 Å². The summed E-state index contributed by atoms with van der Waals surface area (Å²) >= 11 is 0. The number of amides is 1. The molecule has 0 unspecified atom stereocenters. The van der Waals surface area contributed by atoms with E-state index in [9.17, 15) is 13.2 Å². The van der Waals surface area contributed by atoms with E-state index >= 15 is 0 Å². The van der Waals surface area contributed by atoms with Crippen molar-refractivity contribution in [3.8, 4) is 0 Å². The van der Waals surface area contributed by atoms with Crippen LogP contribution in [0, 0.1) is 11.8 Å². The predicted octanol–water partition coefficient (Wildman–Crippen LogP) is -0.254. The van der Waals surface area contributed by atoms with Crippen molar-refractivity contribution < 1.29 is 13.2 Å². The lowest BCUT2D eigenvalue weighted by atomic mass is 10.2. The summed E-state index contributed by atoms with van der Waals surface area (Å²) in [5.41, 5.74) is 0. The summed E-state index contributed by atoms with van der Waals surface area (Å²) in [6.45, 7) is 4.02. The third-order valence-corrected chi connectivity index (χ3v) is 4.75. The molecule has 1 aliphatic heterocycles. The van der Waals surface area contributed by atoms with Gasteiger partial charge in [0.15, 0.2) is 0 Å². The van der Waals surface area contributed by atoms with Gasteiger partial charge in [0, 0.05) is 32.1 Å². The van der Waals surface area contributed by atoms with Crippen LogP contribution in [-0.4, -0.2) is 56.0 Å². The molecule has 0 aromatic heterocycles. The number of hydrogen-bond acceptors (Lipinski definition) is 3. The molecule has 5 nitrogen and oxygen atoms in total. The Morgan fingerprint density at radius 2 is 1.69 bits per heavy atom. The fourth-order valence-corrected chi connectivity index (χ4v) is 2.97.